The lowest BCUT2D eigenvalue weighted by Crippen LogP contribution is -2.67. The molecule has 410 valence electrons. The average Bonchev–Trinajstić information content (AvgIpc) is 3.32. The summed E-state index contributed by atoms with van der Waals surface area (Å²) in [6.45, 7) is 7.14. The van der Waals surface area contributed by atoms with Crippen LogP contribution >= 0.6 is 0 Å². The van der Waals surface area contributed by atoms with Gasteiger partial charge in [-0.2, -0.15) is 0 Å². The van der Waals surface area contributed by atoms with Crippen molar-refractivity contribution in [3.63, 3.8) is 0 Å². The Morgan fingerprint density at radius 3 is 1.31 bits per heavy atom. The van der Waals surface area contributed by atoms with Gasteiger partial charge in [0, 0.05) is 6.42 Å². The molecule has 26 atom stereocenters. The van der Waals surface area contributed by atoms with Gasteiger partial charge in [0.2, 0.25) is 0 Å². The molecule has 5 rings (SSSR count). The van der Waals surface area contributed by atoms with Crippen molar-refractivity contribution >= 4 is 5.97 Å². The Bertz CT molecular complexity index is 1520. The van der Waals surface area contributed by atoms with E-state index in [9.17, 15) is 66.1 Å². The molecule has 5 aliphatic rings. The lowest BCUT2D eigenvalue weighted by Gasteiger charge is -2.49. The maximum atomic E-state index is 11.8. The van der Waals surface area contributed by atoms with Crippen LogP contribution in [0.4, 0.5) is 0 Å². The highest BCUT2D eigenvalue weighted by Crippen LogP contribution is 2.36. The lowest BCUT2D eigenvalue weighted by molar-refractivity contribution is -0.398. The summed E-state index contributed by atoms with van der Waals surface area (Å²) >= 11 is 0. The van der Waals surface area contributed by atoms with E-state index in [1.807, 2.05) is 0 Å². The number of aliphatic hydroxyl groups excluding tert-OH is 12. The molecule has 70 heavy (non-hydrogen) atoms. The number of carbonyl (C=O) groups is 1. The van der Waals surface area contributed by atoms with Gasteiger partial charge in [-0.25, -0.2) is 0 Å². The van der Waals surface area contributed by atoms with Crippen LogP contribution in [0.25, 0.3) is 0 Å². The predicted octanol–water partition coefficient (Wildman–Crippen LogP) is -2.25. The quantitative estimate of drug-likeness (QED) is 0.0430. The number of carboxylic acids is 1. The minimum atomic E-state index is -1.99. The summed E-state index contributed by atoms with van der Waals surface area (Å²) in [7, 11) is 0. The molecule has 0 bridgehead atoms. The molecule has 5 heterocycles. The Hall–Kier alpha value is -1.41. The minimum absolute atomic E-state index is 0.147. The topological polar surface area (TPSA) is 372 Å². The Balaban J connectivity index is 1.36. The average molecular weight is 1020 g/mol. The van der Waals surface area contributed by atoms with E-state index in [0.717, 1.165) is 57.8 Å². The summed E-state index contributed by atoms with van der Waals surface area (Å²) in [5.41, 5.74) is 0. The van der Waals surface area contributed by atoms with Gasteiger partial charge in [0.1, 0.15) is 97.7 Å². The first-order valence-corrected chi connectivity index (χ1v) is 25.1. The van der Waals surface area contributed by atoms with Crippen LogP contribution in [0.1, 0.15) is 118 Å². The first-order chi connectivity index (χ1) is 33.2. The van der Waals surface area contributed by atoms with E-state index in [0.29, 0.717) is 19.3 Å². The molecular weight excluding hydrogens is 936 g/mol. The predicted molar refractivity (Wildman–Crippen MR) is 237 cm³/mol. The van der Waals surface area contributed by atoms with Gasteiger partial charge in [0.05, 0.1) is 37.1 Å². The summed E-state index contributed by atoms with van der Waals surface area (Å²) in [5, 5.41) is 140. The number of hydrogen-bond donors (Lipinski definition) is 13. The second-order valence-corrected chi connectivity index (χ2v) is 19.6. The number of ether oxygens (including phenoxy) is 10. The minimum Gasteiger partial charge on any atom is -0.481 e. The maximum absolute atomic E-state index is 11.8. The Labute approximate surface area is 408 Å². The van der Waals surface area contributed by atoms with E-state index in [4.69, 9.17) is 52.5 Å². The van der Waals surface area contributed by atoms with Crippen molar-refractivity contribution < 1.29 is 119 Å². The molecule has 0 radical (unpaired) electrons. The summed E-state index contributed by atoms with van der Waals surface area (Å²) in [6.07, 6.45) is -30.0. The van der Waals surface area contributed by atoms with E-state index in [1.165, 1.54) is 27.7 Å². The fourth-order valence-electron chi connectivity index (χ4n) is 9.37. The van der Waals surface area contributed by atoms with Crippen LogP contribution in [0.15, 0.2) is 0 Å². The summed E-state index contributed by atoms with van der Waals surface area (Å²) in [6, 6.07) is 0. The first-order valence-electron chi connectivity index (χ1n) is 25.1. The van der Waals surface area contributed by atoms with Crippen molar-refractivity contribution in [3.05, 3.63) is 0 Å². The van der Waals surface area contributed by atoms with Gasteiger partial charge in [-0.05, 0) is 47.0 Å². The molecule has 0 unspecified atom stereocenters. The Kier molecular flexibility index (Phi) is 23.7. The molecule has 0 saturated carbocycles. The fraction of sp³-hybridized carbons (Fsp3) is 0.978. The van der Waals surface area contributed by atoms with Gasteiger partial charge < -0.3 is 114 Å². The molecule has 0 spiro atoms. The standard InChI is InChI=1S/C46H82O24/c1-6-7-13-16-24(17-14-11-9-8-10-12-15-18-26(47)48)66-45-40(35(57)30(52)23(5)65-45)70-46-41(69-43-38(60)33(55)28(50)21(3)63-43)36(58)31(53)25(67-46)19-61-44-39(34(56)29(51)22(4)64-44)68-42-37(59)32(54)27(49)20(2)62-42/h20-25,27-46,49-60H,6-19H2,1-5H3,(H,47,48)/t20-,21-,22+,23+,24-,25+,27-,28-,29+,30+,31+,32+,33+,34-,35-,36-,37+,38+,39+,40+,41+,42-,43-,44+,45-,46-/m0/s1. The smallest absolute Gasteiger partial charge is 0.303 e. The van der Waals surface area contributed by atoms with Gasteiger partial charge in [0.25, 0.3) is 0 Å². The van der Waals surface area contributed by atoms with Crippen molar-refractivity contribution in [2.45, 2.75) is 278 Å². The molecule has 24 heteroatoms. The summed E-state index contributed by atoms with van der Waals surface area (Å²) in [5.74, 6) is -0.808. The van der Waals surface area contributed by atoms with E-state index in [2.05, 4.69) is 6.92 Å². The van der Waals surface area contributed by atoms with E-state index in [-0.39, 0.29) is 6.42 Å². The molecule has 0 aliphatic carbocycles. The molecule has 0 aromatic carbocycles. The van der Waals surface area contributed by atoms with E-state index >= 15 is 0 Å². The third kappa shape index (κ3) is 15.4. The van der Waals surface area contributed by atoms with Crippen molar-refractivity contribution in [1.29, 1.82) is 0 Å². The zero-order chi connectivity index (χ0) is 51.6. The molecule has 5 saturated heterocycles. The van der Waals surface area contributed by atoms with Crippen LogP contribution in [-0.4, -0.2) is 239 Å². The number of unbranched alkanes of at least 4 members (excludes halogenated alkanes) is 8. The number of carboxylic acid groups (broad SMARTS) is 1. The molecular formula is C46H82O24. The maximum Gasteiger partial charge on any atom is 0.303 e. The molecule has 5 aliphatic heterocycles. The molecule has 13 N–H and O–H groups in total. The number of aliphatic hydroxyl groups is 12. The van der Waals surface area contributed by atoms with Crippen LogP contribution in [0.5, 0.6) is 0 Å². The fourth-order valence-corrected chi connectivity index (χ4v) is 9.37. The lowest BCUT2D eigenvalue weighted by atomic mass is 9.96. The molecule has 0 aromatic heterocycles. The first kappa shape index (κ1) is 59.5. The van der Waals surface area contributed by atoms with Gasteiger partial charge in [-0.1, -0.05) is 64.7 Å². The highest BCUT2D eigenvalue weighted by Gasteiger charge is 2.55. The second kappa shape index (κ2) is 27.9. The Morgan fingerprint density at radius 2 is 0.814 bits per heavy atom. The number of aliphatic carboxylic acids is 1. The molecule has 24 nitrogen and oxygen atoms in total. The van der Waals surface area contributed by atoms with Crippen LogP contribution in [0.2, 0.25) is 0 Å². The third-order valence-electron chi connectivity index (χ3n) is 14.0. The molecule has 0 aromatic rings. The third-order valence-corrected chi connectivity index (χ3v) is 14.0. The van der Waals surface area contributed by atoms with Crippen LogP contribution in [0, 0.1) is 0 Å². The largest absolute Gasteiger partial charge is 0.481 e. The monoisotopic (exact) mass is 1020 g/mol. The van der Waals surface area contributed by atoms with Gasteiger partial charge in [-0.3, -0.25) is 4.79 Å². The van der Waals surface area contributed by atoms with Crippen molar-refractivity contribution in [2.24, 2.45) is 0 Å². The number of rotatable bonds is 25. The normalized spacial score (nSPS) is 45.4. The zero-order valence-electron chi connectivity index (χ0n) is 40.7. The van der Waals surface area contributed by atoms with E-state index in [1.54, 1.807) is 0 Å². The van der Waals surface area contributed by atoms with Crippen molar-refractivity contribution in [2.75, 3.05) is 6.61 Å². The zero-order valence-corrected chi connectivity index (χ0v) is 40.7. The van der Waals surface area contributed by atoms with Gasteiger partial charge in [0.15, 0.2) is 31.5 Å². The molecule has 0 amide bonds. The van der Waals surface area contributed by atoms with Gasteiger partial charge in [-0.15, -0.1) is 0 Å². The number of hydrogen-bond acceptors (Lipinski definition) is 23. The summed E-state index contributed by atoms with van der Waals surface area (Å²) < 4.78 is 60.1. The molecule has 5 fully saturated rings. The van der Waals surface area contributed by atoms with Crippen LogP contribution in [0.3, 0.4) is 0 Å². The second-order valence-electron chi connectivity index (χ2n) is 19.6. The van der Waals surface area contributed by atoms with Crippen LogP contribution < -0.4 is 0 Å². The highest BCUT2D eigenvalue weighted by atomic mass is 16.8. The Morgan fingerprint density at radius 1 is 0.429 bits per heavy atom. The van der Waals surface area contributed by atoms with Crippen LogP contribution in [-0.2, 0) is 52.2 Å². The van der Waals surface area contributed by atoms with Gasteiger partial charge >= 0.3 is 5.97 Å². The van der Waals surface area contributed by atoms with Crippen molar-refractivity contribution in [1.82, 2.24) is 0 Å². The summed E-state index contributed by atoms with van der Waals surface area (Å²) in [4.78, 5) is 10.8. The van der Waals surface area contributed by atoms with E-state index < -0.39 is 172 Å². The SMILES string of the molecule is CCCCC[C@@H](CCCCCCCCCC(=O)O)O[C@@H]1O[C@H](C)[C@@H](O)[C@H](O)[C@H]1O[C@@H]1O[C@H](CO[C@@H]2O[C@H](C)[C@@H](O)[C@H](O)[C@H]2O[C@@H]2O[C@@H](C)[C@H](O)[C@@H](O)[C@H]2O)[C@@H](O)[C@H](O)[C@H]1O[C@@H]1O[C@@H](C)[C@H](O)[C@@H](O)[C@H]1O. The van der Waals surface area contributed by atoms with Crippen molar-refractivity contribution in [3.8, 4) is 0 Å². The highest BCUT2D eigenvalue weighted by molar-refractivity contribution is 5.66.